The molecule has 0 spiro atoms. The molecule has 1 N–H and O–H groups in total. The lowest BCUT2D eigenvalue weighted by Gasteiger charge is -2.08. The Balaban J connectivity index is 1.72. The third-order valence-corrected chi connectivity index (χ3v) is 4.53. The van der Waals surface area contributed by atoms with E-state index in [4.69, 9.17) is 4.74 Å². The van der Waals surface area contributed by atoms with Crippen LogP contribution in [0, 0.1) is 10.1 Å². The van der Waals surface area contributed by atoms with Crippen LogP contribution in [0.15, 0.2) is 53.7 Å². The van der Waals surface area contributed by atoms with Crippen molar-refractivity contribution < 1.29 is 14.5 Å². The van der Waals surface area contributed by atoms with Crippen molar-refractivity contribution in [1.82, 2.24) is 10.2 Å². The van der Waals surface area contributed by atoms with Crippen LogP contribution in [0.4, 0.5) is 11.4 Å². The van der Waals surface area contributed by atoms with Gasteiger partial charge in [-0.1, -0.05) is 36.0 Å². The molecule has 0 radical (unpaired) electrons. The fourth-order valence-corrected chi connectivity index (χ4v) is 3.11. The second kappa shape index (κ2) is 7.79. The van der Waals surface area contributed by atoms with Crippen LogP contribution in [-0.4, -0.2) is 33.9 Å². The number of aromatic nitrogens is 2. The molecule has 3 rings (SSSR count). The van der Waals surface area contributed by atoms with Gasteiger partial charge in [0.25, 0.3) is 5.69 Å². The van der Waals surface area contributed by atoms with E-state index >= 15 is 0 Å². The second-order valence-corrected chi connectivity index (χ2v) is 6.18. The maximum absolute atomic E-state index is 12.2. The van der Waals surface area contributed by atoms with E-state index in [9.17, 15) is 14.9 Å². The summed E-state index contributed by atoms with van der Waals surface area (Å²) >= 11 is 1.22. The van der Waals surface area contributed by atoms with Crippen LogP contribution in [0.2, 0.25) is 0 Å². The number of nitrogens with zero attached hydrogens (tertiary/aromatic N) is 3. The van der Waals surface area contributed by atoms with Crippen molar-refractivity contribution in [3.63, 3.8) is 0 Å². The molecule has 0 aliphatic heterocycles. The summed E-state index contributed by atoms with van der Waals surface area (Å²) in [5.74, 6) is 0.0133. The van der Waals surface area contributed by atoms with Crippen LogP contribution >= 0.6 is 11.8 Å². The highest BCUT2D eigenvalue weighted by Crippen LogP contribution is 2.30. The van der Waals surface area contributed by atoms with Crippen molar-refractivity contribution in [3.05, 3.63) is 58.8 Å². The van der Waals surface area contributed by atoms with Gasteiger partial charge in [0.1, 0.15) is 16.5 Å². The maximum Gasteiger partial charge on any atom is 0.296 e. The zero-order chi connectivity index (χ0) is 18.5. The summed E-state index contributed by atoms with van der Waals surface area (Å²) in [7, 11) is 1.42. The lowest BCUT2D eigenvalue weighted by molar-refractivity contribution is -0.384. The standard InChI is InChI=1S/C17H14N4O4S/c1-25-12-6-7-14(15(8-12)21(23)24)19-16(22)10-26-17-13-5-3-2-4-11(13)9-18-20-17/h2-9H,10H2,1H3,(H,19,22). The number of nitro groups is 1. The number of hydrogen-bond acceptors (Lipinski definition) is 7. The zero-order valence-electron chi connectivity index (χ0n) is 13.7. The molecule has 0 unspecified atom stereocenters. The molecule has 2 aromatic carbocycles. The Bertz CT molecular complexity index is 975. The second-order valence-electron chi connectivity index (χ2n) is 5.21. The predicted octanol–water partition coefficient (Wildman–Crippen LogP) is 3.28. The van der Waals surface area contributed by atoms with E-state index in [1.807, 2.05) is 24.3 Å². The van der Waals surface area contributed by atoms with Crippen molar-refractivity contribution in [2.45, 2.75) is 5.03 Å². The van der Waals surface area contributed by atoms with Crippen LogP contribution in [0.3, 0.4) is 0 Å². The molecule has 26 heavy (non-hydrogen) atoms. The van der Waals surface area contributed by atoms with E-state index in [0.717, 1.165) is 10.8 Å². The van der Waals surface area contributed by atoms with Crippen LogP contribution in [0.25, 0.3) is 10.8 Å². The number of nitrogens with one attached hydrogen (secondary N) is 1. The minimum atomic E-state index is -0.568. The van der Waals surface area contributed by atoms with E-state index in [1.165, 1.54) is 31.0 Å². The van der Waals surface area contributed by atoms with Crippen molar-refractivity contribution in [2.75, 3.05) is 18.2 Å². The summed E-state index contributed by atoms with van der Waals surface area (Å²) < 4.78 is 4.97. The molecule has 1 heterocycles. The fraction of sp³-hybridized carbons (Fsp3) is 0.118. The van der Waals surface area contributed by atoms with Gasteiger partial charge < -0.3 is 10.1 Å². The van der Waals surface area contributed by atoms with E-state index in [-0.39, 0.29) is 23.0 Å². The van der Waals surface area contributed by atoms with Crippen LogP contribution in [-0.2, 0) is 4.79 Å². The van der Waals surface area contributed by atoms with Gasteiger partial charge in [-0.25, -0.2) is 0 Å². The zero-order valence-corrected chi connectivity index (χ0v) is 14.5. The summed E-state index contributed by atoms with van der Waals surface area (Å²) in [6.07, 6.45) is 1.65. The minimum Gasteiger partial charge on any atom is -0.496 e. The number of carbonyl (C=O) groups excluding carboxylic acids is 1. The first-order chi connectivity index (χ1) is 12.6. The average Bonchev–Trinajstić information content (AvgIpc) is 2.66. The lowest BCUT2D eigenvalue weighted by atomic mass is 10.2. The molecule has 1 amide bonds. The molecule has 0 fully saturated rings. The summed E-state index contributed by atoms with van der Waals surface area (Å²) in [6.45, 7) is 0. The number of amides is 1. The Morgan fingerprint density at radius 3 is 2.88 bits per heavy atom. The smallest absolute Gasteiger partial charge is 0.296 e. The Kier molecular flexibility index (Phi) is 5.28. The van der Waals surface area contributed by atoms with E-state index < -0.39 is 4.92 Å². The Morgan fingerprint density at radius 2 is 2.12 bits per heavy atom. The number of anilines is 1. The number of methoxy groups -OCH3 is 1. The van der Waals surface area contributed by atoms with Crippen LogP contribution in [0.5, 0.6) is 5.75 Å². The van der Waals surface area contributed by atoms with Gasteiger partial charge in [-0.05, 0) is 12.1 Å². The Hall–Kier alpha value is -3.20. The molecular formula is C17H14N4O4S. The highest BCUT2D eigenvalue weighted by atomic mass is 32.2. The Morgan fingerprint density at radius 1 is 1.31 bits per heavy atom. The first-order valence-corrected chi connectivity index (χ1v) is 8.52. The number of nitro benzene ring substituents is 1. The molecule has 3 aromatic rings. The van der Waals surface area contributed by atoms with Crippen LogP contribution < -0.4 is 10.1 Å². The van der Waals surface area contributed by atoms with Crippen molar-refractivity contribution >= 4 is 39.8 Å². The highest BCUT2D eigenvalue weighted by Gasteiger charge is 2.17. The van der Waals surface area contributed by atoms with Gasteiger partial charge in [0.05, 0.1) is 30.0 Å². The quantitative estimate of drug-likeness (QED) is 0.403. The monoisotopic (exact) mass is 370 g/mol. The molecule has 0 aliphatic rings. The molecule has 8 nitrogen and oxygen atoms in total. The molecule has 0 saturated heterocycles. The molecule has 9 heteroatoms. The van der Waals surface area contributed by atoms with Gasteiger partial charge in [-0.2, -0.15) is 5.10 Å². The molecule has 0 atom stereocenters. The topological polar surface area (TPSA) is 107 Å². The predicted molar refractivity (Wildman–Crippen MR) is 98.5 cm³/mol. The summed E-state index contributed by atoms with van der Waals surface area (Å²) in [6, 6.07) is 11.8. The molecule has 0 aliphatic carbocycles. The first-order valence-electron chi connectivity index (χ1n) is 7.54. The molecule has 132 valence electrons. The fourth-order valence-electron chi connectivity index (χ4n) is 2.32. The number of fused-ring (bicyclic) bond motifs is 1. The number of hydrogen-bond donors (Lipinski definition) is 1. The number of rotatable bonds is 6. The van der Waals surface area contributed by atoms with Gasteiger partial charge >= 0.3 is 0 Å². The number of carbonyl (C=O) groups is 1. The van der Waals surface area contributed by atoms with E-state index in [2.05, 4.69) is 15.5 Å². The normalized spacial score (nSPS) is 10.5. The van der Waals surface area contributed by atoms with Gasteiger partial charge in [0.15, 0.2) is 0 Å². The molecule has 0 saturated carbocycles. The minimum absolute atomic E-state index is 0.0475. The highest BCUT2D eigenvalue weighted by molar-refractivity contribution is 8.00. The van der Waals surface area contributed by atoms with Gasteiger partial charge in [-0.3, -0.25) is 14.9 Å². The first kappa shape index (κ1) is 17.6. The molecular weight excluding hydrogens is 356 g/mol. The summed E-state index contributed by atoms with van der Waals surface area (Å²) in [5.41, 5.74) is -0.113. The van der Waals surface area contributed by atoms with Crippen molar-refractivity contribution in [2.24, 2.45) is 0 Å². The van der Waals surface area contributed by atoms with Crippen molar-refractivity contribution in [3.8, 4) is 5.75 Å². The largest absolute Gasteiger partial charge is 0.496 e. The Labute approximate surface area is 152 Å². The number of benzene rings is 2. The van der Waals surface area contributed by atoms with Gasteiger partial charge in [0.2, 0.25) is 5.91 Å². The van der Waals surface area contributed by atoms with Gasteiger partial charge in [0, 0.05) is 10.8 Å². The molecule has 0 bridgehead atoms. The maximum atomic E-state index is 12.2. The average molecular weight is 370 g/mol. The number of ether oxygens (including phenoxy) is 1. The van der Waals surface area contributed by atoms with Gasteiger partial charge in [-0.15, -0.1) is 5.10 Å². The van der Waals surface area contributed by atoms with Crippen molar-refractivity contribution in [1.29, 1.82) is 0 Å². The van der Waals surface area contributed by atoms with Crippen LogP contribution in [0.1, 0.15) is 0 Å². The van der Waals surface area contributed by atoms with E-state index in [1.54, 1.807) is 12.3 Å². The summed E-state index contributed by atoms with van der Waals surface area (Å²) in [5, 5.41) is 24.2. The lowest BCUT2D eigenvalue weighted by Crippen LogP contribution is -2.15. The van der Waals surface area contributed by atoms with E-state index in [0.29, 0.717) is 10.8 Å². The third-order valence-electron chi connectivity index (χ3n) is 3.55. The summed E-state index contributed by atoms with van der Waals surface area (Å²) in [4.78, 5) is 22.8. The number of thioether (sulfide) groups is 1. The SMILES string of the molecule is COc1ccc(NC(=O)CSc2nncc3ccccc23)c([N+](=O)[O-])c1. The molecule has 1 aromatic heterocycles. The third kappa shape index (κ3) is 3.89.